The van der Waals surface area contributed by atoms with Gasteiger partial charge in [-0.1, -0.05) is 34.5 Å². The number of benzene rings is 1. The average Bonchev–Trinajstić information content (AvgIpc) is 3.03. The first-order chi connectivity index (χ1) is 11.3. The van der Waals surface area contributed by atoms with Crippen LogP contribution in [-0.4, -0.2) is 27.1 Å². The second-order valence-electron chi connectivity index (χ2n) is 5.18. The predicted molar refractivity (Wildman–Crippen MR) is 92.9 cm³/mol. The molecule has 9 heteroatoms. The molecular formula is C15H10Cl2N2O4S. The van der Waals surface area contributed by atoms with Crippen LogP contribution in [0.3, 0.4) is 0 Å². The van der Waals surface area contributed by atoms with Gasteiger partial charge in [-0.2, -0.15) is 0 Å². The largest absolute Gasteiger partial charge is 0.506 e. The lowest BCUT2D eigenvalue weighted by molar-refractivity contribution is -0.112. The van der Waals surface area contributed by atoms with Gasteiger partial charge in [0.1, 0.15) is 11.3 Å². The molecule has 3 rings (SSSR count). The molecule has 0 spiro atoms. The Morgan fingerprint density at radius 2 is 2.00 bits per heavy atom. The molecule has 24 heavy (non-hydrogen) atoms. The molecule has 1 aliphatic carbocycles. The van der Waals surface area contributed by atoms with Gasteiger partial charge in [0.2, 0.25) is 0 Å². The Hall–Kier alpha value is -2.09. The number of halogens is 2. The summed E-state index contributed by atoms with van der Waals surface area (Å²) < 4.78 is 0.446. The number of anilines is 1. The molecule has 1 amide bonds. The van der Waals surface area contributed by atoms with Crippen LogP contribution in [0.1, 0.15) is 23.7 Å². The van der Waals surface area contributed by atoms with Crippen LogP contribution in [0.25, 0.3) is 10.2 Å². The third-order valence-corrected chi connectivity index (χ3v) is 5.43. The van der Waals surface area contributed by atoms with Gasteiger partial charge in [0.05, 0.1) is 20.3 Å². The second-order valence-corrected chi connectivity index (χ2v) is 6.97. The first kappa shape index (κ1) is 16.8. The topological polar surface area (TPSA) is 99.5 Å². The molecule has 6 nitrogen and oxygen atoms in total. The number of hydrogen-bond acceptors (Lipinski definition) is 5. The molecule has 1 aliphatic rings. The van der Waals surface area contributed by atoms with Crippen molar-refractivity contribution in [3.05, 3.63) is 38.9 Å². The maximum Gasteiger partial charge on any atom is 0.335 e. The lowest BCUT2D eigenvalue weighted by atomic mass is 10.1. The number of aromatic nitrogens is 1. The number of phenolic OH excluding ortho intramolecular Hbond substituents is 1. The molecule has 0 radical (unpaired) electrons. The molecule has 0 atom stereocenters. The minimum Gasteiger partial charge on any atom is -0.506 e. The zero-order valence-corrected chi connectivity index (χ0v) is 14.5. The number of aromatic hydroxyl groups is 1. The molecule has 0 bridgehead atoms. The van der Waals surface area contributed by atoms with Crippen LogP contribution in [0.5, 0.6) is 5.75 Å². The maximum absolute atomic E-state index is 12.3. The summed E-state index contributed by atoms with van der Waals surface area (Å²) >= 11 is 13.1. The van der Waals surface area contributed by atoms with Crippen LogP contribution < -0.4 is 5.32 Å². The Kier molecular flexibility index (Phi) is 4.25. The highest BCUT2D eigenvalue weighted by Crippen LogP contribution is 2.38. The number of amides is 1. The van der Waals surface area contributed by atoms with Crippen LogP contribution in [-0.2, 0) is 4.79 Å². The fraction of sp³-hybridized carbons (Fsp3) is 0.133. The van der Waals surface area contributed by atoms with Crippen molar-refractivity contribution in [1.82, 2.24) is 4.98 Å². The maximum atomic E-state index is 12.3. The Morgan fingerprint density at radius 3 is 2.58 bits per heavy atom. The smallest absolute Gasteiger partial charge is 0.335 e. The molecule has 0 aliphatic heterocycles. The van der Waals surface area contributed by atoms with Gasteiger partial charge in [0.25, 0.3) is 5.91 Å². The summed E-state index contributed by atoms with van der Waals surface area (Å²) in [6.07, 6.45) is 0.350. The zero-order valence-electron chi connectivity index (χ0n) is 12.2. The lowest BCUT2D eigenvalue weighted by Gasteiger charge is -2.03. The van der Waals surface area contributed by atoms with Crippen molar-refractivity contribution in [2.45, 2.75) is 13.3 Å². The minimum atomic E-state index is -1.16. The Balaban J connectivity index is 1.90. The fourth-order valence-corrected chi connectivity index (χ4v) is 3.70. The quantitative estimate of drug-likeness (QED) is 0.740. The summed E-state index contributed by atoms with van der Waals surface area (Å²) in [6, 6.07) is 2.49. The van der Waals surface area contributed by atoms with E-state index in [4.69, 9.17) is 28.3 Å². The number of rotatable bonds is 3. The molecule has 1 aromatic carbocycles. The van der Waals surface area contributed by atoms with Gasteiger partial charge in [-0.25, -0.2) is 9.78 Å². The molecule has 0 saturated heterocycles. The van der Waals surface area contributed by atoms with E-state index in [-0.39, 0.29) is 27.0 Å². The van der Waals surface area contributed by atoms with Crippen LogP contribution in [0.2, 0.25) is 0 Å². The third-order valence-electron chi connectivity index (χ3n) is 3.49. The number of fused-ring (bicyclic) bond motifs is 1. The van der Waals surface area contributed by atoms with E-state index in [1.807, 2.05) is 0 Å². The van der Waals surface area contributed by atoms with Gasteiger partial charge < -0.3 is 10.2 Å². The number of carboxylic acid groups (broad SMARTS) is 1. The van der Waals surface area contributed by atoms with E-state index in [9.17, 15) is 14.7 Å². The Morgan fingerprint density at radius 1 is 1.29 bits per heavy atom. The Labute approximate surface area is 150 Å². The molecule has 0 saturated carbocycles. The van der Waals surface area contributed by atoms with Gasteiger partial charge >= 0.3 is 5.97 Å². The first-order valence-corrected chi connectivity index (χ1v) is 8.27. The molecule has 1 heterocycles. The van der Waals surface area contributed by atoms with Crippen molar-refractivity contribution in [2.24, 2.45) is 0 Å². The minimum absolute atomic E-state index is 0.0605. The summed E-state index contributed by atoms with van der Waals surface area (Å²) in [5, 5.41) is 22.3. The number of aromatic carboxylic acids is 1. The number of carbonyl (C=O) groups is 2. The van der Waals surface area contributed by atoms with Crippen molar-refractivity contribution in [1.29, 1.82) is 0 Å². The van der Waals surface area contributed by atoms with Gasteiger partial charge in [-0.05, 0) is 24.6 Å². The van der Waals surface area contributed by atoms with Crippen molar-refractivity contribution in [3.63, 3.8) is 0 Å². The highest BCUT2D eigenvalue weighted by atomic mass is 35.5. The normalized spacial score (nSPS) is 14.6. The van der Waals surface area contributed by atoms with Crippen LogP contribution in [0, 0.1) is 0 Å². The van der Waals surface area contributed by atoms with Crippen molar-refractivity contribution < 1.29 is 19.8 Å². The van der Waals surface area contributed by atoms with Crippen molar-refractivity contribution in [2.75, 3.05) is 5.32 Å². The fourth-order valence-electron chi connectivity index (χ4n) is 2.28. The van der Waals surface area contributed by atoms with E-state index < -0.39 is 11.9 Å². The number of thiazole rings is 1. The number of hydrogen-bond donors (Lipinski definition) is 3. The molecule has 0 unspecified atom stereocenters. The SMILES string of the molecule is CC1=C(Cl)C(Cl)=C(C(=O)Nc2nc3c(O)cc(C(=O)O)cc3s2)C1. The molecule has 3 N–H and O–H groups in total. The number of nitrogens with zero attached hydrogens (tertiary/aromatic N) is 1. The highest BCUT2D eigenvalue weighted by Gasteiger charge is 2.25. The molecule has 124 valence electrons. The Bertz CT molecular complexity index is 962. The van der Waals surface area contributed by atoms with Crippen LogP contribution in [0.4, 0.5) is 5.13 Å². The number of carbonyl (C=O) groups excluding carboxylic acids is 1. The van der Waals surface area contributed by atoms with Gasteiger partial charge in [-0.3, -0.25) is 10.1 Å². The molecule has 1 aromatic heterocycles. The lowest BCUT2D eigenvalue weighted by Crippen LogP contribution is -2.14. The third kappa shape index (κ3) is 2.86. The van der Waals surface area contributed by atoms with Crippen molar-refractivity contribution >= 4 is 61.8 Å². The van der Waals surface area contributed by atoms with Gasteiger partial charge in [-0.15, -0.1) is 0 Å². The van der Waals surface area contributed by atoms with E-state index in [1.54, 1.807) is 6.92 Å². The summed E-state index contributed by atoms with van der Waals surface area (Å²) in [5.74, 6) is -1.86. The first-order valence-electron chi connectivity index (χ1n) is 6.70. The van der Waals surface area contributed by atoms with E-state index in [2.05, 4.69) is 10.3 Å². The number of carboxylic acids is 1. The summed E-state index contributed by atoms with van der Waals surface area (Å²) in [4.78, 5) is 27.5. The summed E-state index contributed by atoms with van der Waals surface area (Å²) in [7, 11) is 0. The predicted octanol–water partition coefficient (Wildman–Crippen LogP) is 4.05. The molecular weight excluding hydrogens is 375 g/mol. The number of nitrogens with one attached hydrogen (secondary N) is 1. The van der Waals surface area contributed by atoms with E-state index in [0.717, 1.165) is 23.0 Å². The summed E-state index contributed by atoms with van der Waals surface area (Å²) in [6.45, 7) is 1.79. The number of allylic oxidation sites excluding steroid dienone is 3. The van der Waals surface area contributed by atoms with Gasteiger partial charge in [0.15, 0.2) is 5.13 Å². The average molecular weight is 385 g/mol. The summed E-state index contributed by atoms with van der Waals surface area (Å²) in [5.41, 5.74) is 1.31. The van der Waals surface area contributed by atoms with Gasteiger partial charge in [0, 0.05) is 12.0 Å². The van der Waals surface area contributed by atoms with Crippen LogP contribution in [0.15, 0.2) is 33.3 Å². The molecule has 2 aromatic rings. The van der Waals surface area contributed by atoms with E-state index in [0.29, 0.717) is 21.7 Å². The van der Waals surface area contributed by atoms with Crippen LogP contribution >= 0.6 is 34.5 Å². The molecule has 0 fully saturated rings. The number of phenols is 1. The second kappa shape index (κ2) is 6.08. The monoisotopic (exact) mass is 384 g/mol. The zero-order chi connectivity index (χ0) is 17.6. The van der Waals surface area contributed by atoms with Crippen molar-refractivity contribution in [3.8, 4) is 5.75 Å². The van der Waals surface area contributed by atoms with E-state index >= 15 is 0 Å². The van der Waals surface area contributed by atoms with E-state index in [1.165, 1.54) is 6.07 Å². The standard InChI is InChI=1S/C15H10Cl2N2O4S/c1-5-2-7(11(17)10(5)16)13(21)19-15-18-12-8(20)3-6(14(22)23)4-9(12)24-15/h3-4,20H,2H2,1H3,(H,22,23)(H,18,19,21). The highest BCUT2D eigenvalue weighted by molar-refractivity contribution is 7.22.